The van der Waals surface area contributed by atoms with Gasteiger partial charge < -0.3 is 19.3 Å². The summed E-state index contributed by atoms with van der Waals surface area (Å²) >= 11 is 0. The van der Waals surface area contributed by atoms with Crippen molar-refractivity contribution in [2.75, 3.05) is 43.7 Å². The molecule has 3 rings (SSSR count). The largest absolute Gasteiger partial charge is 0.497 e. The minimum absolute atomic E-state index is 0.311. The normalized spacial score (nSPS) is 12.8. The maximum atomic E-state index is 13.5. The third kappa shape index (κ3) is 13.7. The van der Waals surface area contributed by atoms with Crippen molar-refractivity contribution in [1.82, 2.24) is 0 Å². The maximum absolute atomic E-state index is 13.5. The fraction of sp³-hybridized carbons (Fsp3) is 0.524. The van der Waals surface area contributed by atoms with Gasteiger partial charge in [0.25, 0.3) is 0 Å². The monoisotopic (exact) mass is 680 g/mol. The number of benzene rings is 3. The summed E-state index contributed by atoms with van der Waals surface area (Å²) in [7, 11) is 3.35. The van der Waals surface area contributed by atoms with Crippen LogP contribution in [-0.2, 0) is 19.1 Å². The van der Waals surface area contributed by atoms with Crippen LogP contribution in [0.5, 0.6) is 11.5 Å². The lowest BCUT2D eigenvalue weighted by Crippen LogP contribution is -2.28. The fourth-order valence-corrected chi connectivity index (χ4v) is 6.09. The second-order valence-electron chi connectivity index (χ2n) is 14.3. The van der Waals surface area contributed by atoms with Crippen LogP contribution in [0.3, 0.4) is 0 Å². The Labute approximate surface area is 294 Å². The first-order chi connectivity index (χ1) is 23.3. The molecule has 0 amide bonds. The van der Waals surface area contributed by atoms with Crippen LogP contribution in [0.1, 0.15) is 90.3 Å². The van der Waals surface area contributed by atoms with E-state index in [0.29, 0.717) is 36.4 Å². The van der Waals surface area contributed by atoms with Crippen molar-refractivity contribution in [3.05, 3.63) is 95.1 Å². The van der Waals surface area contributed by atoms with E-state index in [0.717, 1.165) is 68.4 Å². The van der Waals surface area contributed by atoms with Crippen molar-refractivity contribution in [2.45, 2.75) is 92.8 Å². The summed E-state index contributed by atoms with van der Waals surface area (Å²) < 4.78 is 51.7. The quantitative estimate of drug-likeness (QED) is 0.111. The number of halogens is 3. The third-order valence-electron chi connectivity index (χ3n) is 9.23. The summed E-state index contributed by atoms with van der Waals surface area (Å²) in [6.45, 7) is 16.6. The number of rotatable bonds is 20. The van der Waals surface area contributed by atoms with E-state index in [2.05, 4.69) is 75.6 Å². The van der Waals surface area contributed by atoms with Crippen LogP contribution >= 0.6 is 0 Å². The summed E-state index contributed by atoms with van der Waals surface area (Å²) in [6.07, 6.45) is 4.29. The molecule has 49 heavy (non-hydrogen) atoms. The number of methoxy groups -OCH3 is 2. The van der Waals surface area contributed by atoms with Crippen molar-refractivity contribution in [2.24, 2.45) is 17.8 Å². The van der Waals surface area contributed by atoms with Crippen molar-refractivity contribution in [1.29, 1.82) is 0 Å². The third-order valence-corrected chi connectivity index (χ3v) is 9.23. The van der Waals surface area contributed by atoms with Gasteiger partial charge in [-0.05, 0) is 136 Å². The van der Waals surface area contributed by atoms with Gasteiger partial charge in [-0.2, -0.15) is 13.2 Å². The van der Waals surface area contributed by atoms with E-state index in [9.17, 15) is 13.2 Å². The Morgan fingerprint density at radius 1 is 0.735 bits per heavy atom. The number of hydrogen-bond donors (Lipinski definition) is 0. The number of nitrogens with zero attached hydrogens (tertiary/aromatic N) is 2. The zero-order valence-electron chi connectivity index (χ0n) is 31.1. The zero-order valence-corrected chi connectivity index (χ0v) is 31.1. The smallest absolute Gasteiger partial charge is 0.416 e. The number of hydrogen-bond acceptors (Lipinski definition) is 4. The van der Waals surface area contributed by atoms with Gasteiger partial charge in [0.2, 0.25) is 0 Å². The topological polar surface area (TPSA) is 24.9 Å². The van der Waals surface area contributed by atoms with E-state index in [-0.39, 0.29) is 0 Å². The lowest BCUT2D eigenvalue weighted by atomic mass is 9.96. The molecule has 0 heterocycles. The number of alkyl halides is 3. The molecule has 0 saturated carbocycles. The summed E-state index contributed by atoms with van der Waals surface area (Å²) in [6, 6.07) is 20.0. The van der Waals surface area contributed by atoms with E-state index >= 15 is 0 Å². The first-order valence-electron chi connectivity index (χ1n) is 17.9. The first kappa shape index (κ1) is 39.8. The van der Waals surface area contributed by atoms with Crippen LogP contribution in [0, 0.1) is 17.8 Å². The highest BCUT2D eigenvalue weighted by molar-refractivity contribution is 5.54. The minimum atomic E-state index is -4.38. The average molecular weight is 681 g/mol. The molecule has 0 aromatic heterocycles. The number of allylic oxidation sites excluding steroid dienone is 2. The Hall–Kier alpha value is -3.61. The van der Waals surface area contributed by atoms with E-state index in [1.807, 2.05) is 24.3 Å². The molecule has 0 bridgehead atoms. The van der Waals surface area contributed by atoms with Crippen LogP contribution in [0.15, 0.2) is 78.4 Å². The van der Waals surface area contributed by atoms with Crippen LogP contribution < -0.4 is 19.3 Å². The maximum Gasteiger partial charge on any atom is 0.416 e. The SMILES string of the molecule is COc1ccc(N(CCC(C)Cc2cc(N(CCC(C)C)CCC(C)CCC=C(C)C)ccc2OC)Cc2cccc(C(F)(F)F)c2)cc1. The molecular weight excluding hydrogens is 621 g/mol. The highest BCUT2D eigenvalue weighted by Crippen LogP contribution is 2.32. The predicted octanol–water partition coefficient (Wildman–Crippen LogP) is 11.6. The second-order valence-corrected chi connectivity index (χ2v) is 14.3. The van der Waals surface area contributed by atoms with Crippen molar-refractivity contribution in [3.8, 4) is 11.5 Å². The Morgan fingerprint density at radius 2 is 1.39 bits per heavy atom. The zero-order chi connectivity index (χ0) is 36.0. The Bertz CT molecular complexity index is 1430. The van der Waals surface area contributed by atoms with Gasteiger partial charge >= 0.3 is 6.18 Å². The molecule has 2 unspecified atom stereocenters. The van der Waals surface area contributed by atoms with Gasteiger partial charge in [-0.3, -0.25) is 0 Å². The molecule has 0 aliphatic carbocycles. The van der Waals surface area contributed by atoms with Crippen molar-refractivity contribution < 1.29 is 22.6 Å². The summed E-state index contributed by atoms with van der Waals surface area (Å²) in [5.74, 6) is 3.22. The van der Waals surface area contributed by atoms with Crippen molar-refractivity contribution >= 4 is 11.4 Å². The molecule has 3 aromatic rings. The van der Waals surface area contributed by atoms with Crippen molar-refractivity contribution in [3.63, 3.8) is 0 Å². The molecule has 3 aromatic carbocycles. The molecule has 0 saturated heterocycles. The minimum Gasteiger partial charge on any atom is -0.497 e. The summed E-state index contributed by atoms with van der Waals surface area (Å²) in [5.41, 5.74) is 4.76. The molecule has 0 radical (unpaired) electrons. The Kier molecular flexibility index (Phi) is 15.9. The van der Waals surface area contributed by atoms with Gasteiger partial charge in [0.05, 0.1) is 19.8 Å². The fourth-order valence-electron chi connectivity index (χ4n) is 6.09. The molecule has 7 heteroatoms. The highest BCUT2D eigenvalue weighted by Gasteiger charge is 2.30. The molecule has 4 nitrogen and oxygen atoms in total. The lowest BCUT2D eigenvalue weighted by Gasteiger charge is -2.29. The number of ether oxygens (including phenoxy) is 2. The van der Waals surface area contributed by atoms with E-state index < -0.39 is 11.7 Å². The molecule has 0 N–H and O–H groups in total. The van der Waals surface area contributed by atoms with Gasteiger partial charge in [0.15, 0.2) is 0 Å². The molecule has 0 aliphatic heterocycles. The van der Waals surface area contributed by atoms with Gasteiger partial charge in [0.1, 0.15) is 11.5 Å². The van der Waals surface area contributed by atoms with Crippen LogP contribution in [-0.4, -0.2) is 33.9 Å². The average Bonchev–Trinajstić information content (AvgIpc) is 3.06. The van der Waals surface area contributed by atoms with E-state index in [1.165, 1.54) is 35.4 Å². The van der Waals surface area contributed by atoms with Gasteiger partial charge in [-0.1, -0.05) is 51.5 Å². The Morgan fingerprint density at radius 3 is 2.02 bits per heavy atom. The molecule has 270 valence electrons. The van der Waals surface area contributed by atoms with Crippen LogP contribution in [0.25, 0.3) is 0 Å². The van der Waals surface area contributed by atoms with Crippen LogP contribution in [0.2, 0.25) is 0 Å². The standard InChI is InChI=1S/C42H59F3N2O2/c1-31(2)11-9-12-33(5)22-25-46(24-21-32(3)4)39-17-20-41(49-8)36(29-39)27-34(6)23-26-47(38-15-18-40(48-7)19-16-38)30-35-13-10-14-37(28-35)42(43,44)45/h10-11,13-20,28-29,32-34H,9,12,21-27,30H2,1-8H3. The first-order valence-corrected chi connectivity index (χ1v) is 17.9. The lowest BCUT2D eigenvalue weighted by molar-refractivity contribution is -0.137. The Balaban J connectivity index is 1.76. The second kappa shape index (κ2) is 19.5. The number of anilines is 2. The molecule has 0 aliphatic rings. The van der Waals surface area contributed by atoms with Crippen LogP contribution in [0.4, 0.5) is 24.5 Å². The highest BCUT2D eigenvalue weighted by atomic mass is 19.4. The van der Waals surface area contributed by atoms with E-state index in [4.69, 9.17) is 9.47 Å². The summed E-state index contributed by atoms with van der Waals surface area (Å²) in [4.78, 5) is 4.71. The molecule has 0 fully saturated rings. The van der Waals surface area contributed by atoms with Gasteiger partial charge in [-0.25, -0.2) is 0 Å². The van der Waals surface area contributed by atoms with Gasteiger partial charge in [0, 0.05) is 37.6 Å². The molecule has 2 atom stereocenters. The summed E-state index contributed by atoms with van der Waals surface area (Å²) in [5, 5.41) is 0. The molecule has 0 spiro atoms. The molecular formula is C42H59F3N2O2. The van der Waals surface area contributed by atoms with E-state index in [1.54, 1.807) is 20.3 Å². The van der Waals surface area contributed by atoms with Gasteiger partial charge in [-0.15, -0.1) is 0 Å². The predicted molar refractivity (Wildman–Crippen MR) is 200 cm³/mol.